The van der Waals surface area contributed by atoms with Crippen LogP contribution >= 0.6 is 0 Å². The summed E-state index contributed by atoms with van der Waals surface area (Å²) in [5.74, 6) is -1.30. The molecule has 4 aromatic carbocycles. The number of para-hydroxylation sites is 2. The number of rotatable bonds is 9. The zero-order chi connectivity index (χ0) is 32.9. The lowest BCUT2D eigenvalue weighted by Gasteiger charge is -2.23. The lowest BCUT2D eigenvalue weighted by molar-refractivity contribution is -0.139. The second-order valence-corrected chi connectivity index (χ2v) is 10.5. The zero-order valence-electron chi connectivity index (χ0n) is 24.6. The minimum absolute atomic E-state index is 0.233. The normalized spacial score (nSPS) is 13.6. The monoisotopic (exact) mass is 641 g/mol. The van der Waals surface area contributed by atoms with Gasteiger partial charge in [0.2, 0.25) is 0 Å². The fourth-order valence-electron chi connectivity index (χ4n) is 5.26. The van der Waals surface area contributed by atoms with E-state index in [-0.39, 0.29) is 30.3 Å². The fourth-order valence-corrected chi connectivity index (χ4v) is 5.26. The molecule has 0 unspecified atom stereocenters. The van der Waals surface area contributed by atoms with Gasteiger partial charge >= 0.3 is 18.3 Å². The van der Waals surface area contributed by atoms with E-state index in [2.05, 4.69) is 5.32 Å². The van der Waals surface area contributed by atoms with Gasteiger partial charge in [-0.05, 0) is 94.9 Å². The Balaban J connectivity index is 1.63. The molecular weight excluding hydrogens is 612 g/mol. The first-order valence-electron chi connectivity index (χ1n) is 14.3. The number of benzene rings is 4. The van der Waals surface area contributed by atoms with Gasteiger partial charge < -0.3 is 19.5 Å². The molecule has 5 nitrogen and oxygen atoms in total. The third-order valence-electron chi connectivity index (χ3n) is 7.48. The maximum absolute atomic E-state index is 13.7. The highest BCUT2D eigenvalue weighted by Crippen LogP contribution is 2.39. The number of nitrogens with one attached hydrogen (secondary N) is 1. The van der Waals surface area contributed by atoms with E-state index in [9.17, 15) is 31.1 Å². The molecule has 4 aromatic rings. The minimum Gasteiger partial charge on any atom is -0.488 e. The van der Waals surface area contributed by atoms with Gasteiger partial charge in [0.15, 0.2) is 0 Å². The molecule has 1 heterocycles. The van der Waals surface area contributed by atoms with Crippen molar-refractivity contribution in [2.75, 3.05) is 20.2 Å². The molecule has 0 fully saturated rings. The molecule has 0 amide bonds. The van der Waals surface area contributed by atoms with Crippen LogP contribution in [0, 0.1) is 0 Å². The van der Waals surface area contributed by atoms with E-state index >= 15 is 0 Å². The number of esters is 1. The summed E-state index contributed by atoms with van der Waals surface area (Å²) in [4.78, 5) is 12.3. The van der Waals surface area contributed by atoms with Crippen molar-refractivity contribution in [2.24, 2.45) is 0 Å². The number of methoxy groups -OCH3 is 1. The molecule has 5 rings (SSSR count). The Morgan fingerprint density at radius 1 is 0.739 bits per heavy atom. The predicted molar refractivity (Wildman–Crippen MR) is 160 cm³/mol. The van der Waals surface area contributed by atoms with Crippen LogP contribution < -0.4 is 14.8 Å². The van der Waals surface area contributed by atoms with Gasteiger partial charge in [0, 0.05) is 6.54 Å². The van der Waals surface area contributed by atoms with Crippen LogP contribution in [0.25, 0.3) is 16.7 Å². The van der Waals surface area contributed by atoms with Crippen LogP contribution in [0.15, 0.2) is 91.0 Å². The van der Waals surface area contributed by atoms with Crippen LogP contribution in [0.1, 0.15) is 44.6 Å². The summed E-state index contributed by atoms with van der Waals surface area (Å²) in [5.41, 5.74) is 2.00. The van der Waals surface area contributed by atoms with Crippen molar-refractivity contribution in [1.82, 2.24) is 5.32 Å². The van der Waals surface area contributed by atoms with Crippen molar-refractivity contribution in [1.29, 1.82) is 0 Å². The van der Waals surface area contributed by atoms with E-state index in [1.807, 2.05) is 6.08 Å². The average molecular weight is 642 g/mol. The van der Waals surface area contributed by atoms with E-state index in [0.29, 0.717) is 47.3 Å². The Kier molecular flexibility index (Phi) is 9.71. The van der Waals surface area contributed by atoms with Gasteiger partial charge in [-0.25, -0.2) is 4.79 Å². The zero-order valence-corrected chi connectivity index (χ0v) is 24.6. The summed E-state index contributed by atoms with van der Waals surface area (Å²) in [6.45, 7) is 0.688. The van der Waals surface area contributed by atoms with Crippen molar-refractivity contribution < 1.29 is 45.3 Å². The Bertz CT molecular complexity index is 1750. The highest BCUT2D eigenvalue weighted by atomic mass is 19.4. The molecule has 0 saturated carbocycles. The van der Waals surface area contributed by atoms with Crippen LogP contribution in [0.3, 0.4) is 0 Å². The van der Waals surface area contributed by atoms with Crippen LogP contribution in [-0.4, -0.2) is 26.2 Å². The highest BCUT2D eigenvalue weighted by Gasteiger charge is 2.35. The van der Waals surface area contributed by atoms with Crippen LogP contribution in [0.4, 0.5) is 26.3 Å². The van der Waals surface area contributed by atoms with Gasteiger partial charge in [0.1, 0.15) is 24.7 Å². The summed E-state index contributed by atoms with van der Waals surface area (Å²) < 4.78 is 98.8. The standard InChI is InChI=1S/C35H29F6NO4/c1-44-33(43)24-8-6-7-23(17-24)28-19-25(20-45-31-11-4-2-9-29(31)34(36,37)38)27(22-13-15-42-16-14-22)18-26(28)21-46-32-12-5-3-10-30(32)35(39,40)41/h2-13,17-19,42H,14-16,20-21H2,1H3. The van der Waals surface area contributed by atoms with E-state index in [1.54, 1.807) is 36.4 Å². The first-order chi connectivity index (χ1) is 22.0. The largest absolute Gasteiger partial charge is 0.488 e. The molecule has 1 N–H and O–H groups in total. The SMILES string of the molecule is COC(=O)c1cccc(-c2cc(COc3ccccc3C(F)(F)F)c(C3=CCNCC3)cc2COc2ccccc2C(F)(F)F)c1. The molecule has 46 heavy (non-hydrogen) atoms. The molecule has 0 aliphatic carbocycles. The van der Waals surface area contributed by atoms with E-state index in [0.717, 1.165) is 17.7 Å². The molecule has 0 bridgehead atoms. The van der Waals surface area contributed by atoms with E-state index < -0.39 is 29.4 Å². The van der Waals surface area contributed by atoms with Gasteiger partial charge in [0.25, 0.3) is 0 Å². The lowest BCUT2D eigenvalue weighted by atomic mass is 9.88. The molecule has 0 radical (unpaired) electrons. The molecule has 0 spiro atoms. The predicted octanol–water partition coefficient (Wildman–Crippen LogP) is 8.71. The number of halogens is 6. The quantitative estimate of drug-likeness (QED) is 0.146. The third kappa shape index (κ3) is 7.54. The van der Waals surface area contributed by atoms with Gasteiger partial charge in [-0.1, -0.05) is 42.5 Å². The molecule has 0 aromatic heterocycles. The number of ether oxygens (including phenoxy) is 3. The van der Waals surface area contributed by atoms with Crippen molar-refractivity contribution in [2.45, 2.75) is 32.0 Å². The Labute approximate surface area is 261 Å². The minimum atomic E-state index is -4.65. The van der Waals surface area contributed by atoms with Gasteiger partial charge in [-0.3, -0.25) is 0 Å². The van der Waals surface area contributed by atoms with Gasteiger partial charge in [0.05, 0.1) is 23.8 Å². The highest BCUT2D eigenvalue weighted by molar-refractivity contribution is 5.91. The van der Waals surface area contributed by atoms with Crippen molar-refractivity contribution in [3.63, 3.8) is 0 Å². The summed E-state index contributed by atoms with van der Waals surface area (Å²) in [5, 5.41) is 3.22. The smallest absolute Gasteiger partial charge is 0.419 e. The van der Waals surface area contributed by atoms with Crippen LogP contribution in [0.5, 0.6) is 11.5 Å². The lowest BCUT2D eigenvalue weighted by Crippen LogP contribution is -2.20. The molecule has 1 aliphatic rings. The van der Waals surface area contributed by atoms with Crippen LogP contribution in [-0.2, 0) is 30.3 Å². The van der Waals surface area contributed by atoms with Crippen molar-refractivity contribution >= 4 is 11.5 Å². The number of alkyl halides is 6. The van der Waals surface area contributed by atoms with E-state index in [1.165, 1.54) is 43.5 Å². The third-order valence-corrected chi connectivity index (χ3v) is 7.48. The topological polar surface area (TPSA) is 56.8 Å². The first-order valence-corrected chi connectivity index (χ1v) is 14.3. The molecule has 0 saturated heterocycles. The summed E-state index contributed by atoms with van der Waals surface area (Å²) in [6, 6.07) is 19.7. The number of carbonyl (C=O) groups excluding carboxylic acids is 1. The summed E-state index contributed by atoms with van der Waals surface area (Å²) in [7, 11) is 1.24. The van der Waals surface area contributed by atoms with Crippen molar-refractivity contribution in [3.8, 4) is 22.6 Å². The summed E-state index contributed by atoms with van der Waals surface area (Å²) >= 11 is 0. The second kappa shape index (κ2) is 13.7. The Hall–Kier alpha value is -4.77. The molecular formula is C35H29F6NO4. The molecule has 0 atom stereocenters. The Morgan fingerprint density at radius 2 is 1.30 bits per heavy atom. The second-order valence-electron chi connectivity index (χ2n) is 10.5. The van der Waals surface area contributed by atoms with Crippen LogP contribution in [0.2, 0.25) is 0 Å². The summed E-state index contributed by atoms with van der Waals surface area (Å²) in [6.07, 6.45) is -6.73. The van der Waals surface area contributed by atoms with E-state index in [4.69, 9.17) is 14.2 Å². The first kappa shape index (κ1) is 32.6. The molecule has 1 aliphatic heterocycles. The Morgan fingerprint density at radius 3 is 1.85 bits per heavy atom. The van der Waals surface area contributed by atoms with Crippen molar-refractivity contribution in [3.05, 3.63) is 124 Å². The fraction of sp³-hybridized carbons (Fsp3) is 0.229. The number of hydrogen-bond acceptors (Lipinski definition) is 5. The molecule has 240 valence electrons. The maximum Gasteiger partial charge on any atom is 0.419 e. The number of hydrogen-bond donors (Lipinski definition) is 1. The average Bonchev–Trinajstić information content (AvgIpc) is 3.05. The number of carbonyl (C=O) groups is 1. The van der Waals surface area contributed by atoms with Gasteiger partial charge in [-0.15, -0.1) is 0 Å². The molecule has 11 heteroatoms. The van der Waals surface area contributed by atoms with Gasteiger partial charge in [-0.2, -0.15) is 26.3 Å². The maximum atomic E-state index is 13.7.